The van der Waals surface area contributed by atoms with Crippen LogP contribution in [0, 0.1) is 0 Å². The molecule has 154 valence electrons. The molecule has 1 saturated heterocycles. The Morgan fingerprint density at radius 3 is 2.30 bits per heavy atom. The summed E-state index contributed by atoms with van der Waals surface area (Å²) in [5.41, 5.74) is 2.58. The van der Waals surface area contributed by atoms with E-state index in [1.807, 2.05) is 24.3 Å². The van der Waals surface area contributed by atoms with Crippen molar-refractivity contribution in [3.63, 3.8) is 0 Å². The summed E-state index contributed by atoms with van der Waals surface area (Å²) in [4.78, 5) is 29.3. The van der Waals surface area contributed by atoms with Crippen molar-refractivity contribution in [3.05, 3.63) is 70.9 Å². The predicted octanol–water partition coefficient (Wildman–Crippen LogP) is 3.34. The number of nitrogens with zero attached hydrogens (tertiary/aromatic N) is 3. The number of piperazine rings is 1. The maximum atomic E-state index is 13.1. The normalized spacial score (nSPS) is 13.9. The Hall–Kier alpha value is -3.32. The molecule has 1 fully saturated rings. The van der Waals surface area contributed by atoms with E-state index in [1.165, 1.54) is 0 Å². The first-order chi connectivity index (χ1) is 14.6. The van der Waals surface area contributed by atoms with Gasteiger partial charge in [-0.2, -0.15) is 5.10 Å². The van der Waals surface area contributed by atoms with Crippen LogP contribution in [-0.4, -0.2) is 65.1 Å². The van der Waals surface area contributed by atoms with Gasteiger partial charge in [0.15, 0.2) is 0 Å². The number of hydrogen-bond acceptors (Lipinski definition) is 4. The lowest BCUT2D eigenvalue weighted by Crippen LogP contribution is -2.50. The highest BCUT2D eigenvalue weighted by Crippen LogP contribution is 2.25. The van der Waals surface area contributed by atoms with Crippen LogP contribution in [0.1, 0.15) is 20.7 Å². The Kier molecular flexibility index (Phi) is 5.72. The summed E-state index contributed by atoms with van der Waals surface area (Å²) in [6.07, 6.45) is 1.55. The molecule has 2 amide bonds. The molecule has 0 radical (unpaired) electrons. The number of rotatable bonds is 4. The molecule has 1 aromatic heterocycles. The summed E-state index contributed by atoms with van der Waals surface area (Å²) < 4.78 is 5.19. The smallest absolute Gasteiger partial charge is 0.257 e. The number of H-pyrrole nitrogens is 1. The Balaban J connectivity index is 1.44. The van der Waals surface area contributed by atoms with E-state index in [2.05, 4.69) is 10.2 Å². The van der Waals surface area contributed by atoms with Crippen molar-refractivity contribution in [2.45, 2.75) is 0 Å². The minimum atomic E-state index is -0.107. The molecular formula is C22H21ClN4O3. The fourth-order valence-electron chi connectivity index (χ4n) is 3.51. The quantitative estimate of drug-likeness (QED) is 0.696. The average Bonchev–Trinajstić information content (AvgIpc) is 3.28. The molecule has 8 heteroatoms. The zero-order valence-electron chi connectivity index (χ0n) is 16.5. The fourth-order valence-corrected chi connectivity index (χ4v) is 3.70. The number of nitrogens with one attached hydrogen (secondary N) is 1. The molecule has 1 N–H and O–H groups in total. The first-order valence-electron chi connectivity index (χ1n) is 9.58. The zero-order valence-corrected chi connectivity index (χ0v) is 17.2. The van der Waals surface area contributed by atoms with E-state index in [4.69, 9.17) is 16.3 Å². The Labute approximate surface area is 179 Å². The molecule has 0 spiro atoms. The molecule has 2 aromatic carbocycles. The predicted molar refractivity (Wildman–Crippen MR) is 114 cm³/mol. The van der Waals surface area contributed by atoms with E-state index in [9.17, 15) is 9.59 Å². The minimum Gasteiger partial charge on any atom is -0.497 e. The molecular weight excluding hydrogens is 404 g/mol. The third kappa shape index (κ3) is 4.02. The lowest BCUT2D eigenvalue weighted by atomic mass is 10.1. The number of methoxy groups -OCH3 is 1. The van der Waals surface area contributed by atoms with E-state index < -0.39 is 0 Å². The minimum absolute atomic E-state index is 0.0770. The zero-order chi connectivity index (χ0) is 21.1. The van der Waals surface area contributed by atoms with Gasteiger partial charge in [-0.05, 0) is 42.5 Å². The van der Waals surface area contributed by atoms with E-state index >= 15 is 0 Å². The van der Waals surface area contributed by atoms with Gasteiger partial charge in [0.2, 0.25) is 0 Å². The molecule has 0 atom stereocenters. The second-order valence-corrected chi connectivity index (χ2v) is 7.42. The molecule has 0 bridgehead atoms. The van der Waals surface area contributed by atoms with E-state index in [0.29, 0.717) is 48.0 Å². The van der Waals surface area contributed by atoms with Crippen LogP contribution in [0.4, 0.5) is 0 Å². The van der Waals surface area contributed by atoms with E-state index in [0.717, 1.165) is 11.3 Å². The van der Waals surface area contributed by atoms with Crippen LogP contribution < -0.4 is 4.74 Å². The molecule has 30 heavy (non-hydrogen) atoms. The number of aromatic nitrogens is 2. The van der Waals surface area contributed by atoms with Crippen LogP contribution in [0.15, 0.2) is 54.7 Å². The second kappa shape index (κ2) is 8.59. The third-order valence-corrected chi connectivity index (χ3v) is 5.41. The maximum Gasteiger partial charge on any atom is 0.257 e. The van der Waals surface area contributed by atoms with Gasteiger partial charge in [0.05, 0.1) is 24.6 Å². The fraction of sp³-hybridized carbons (Fsp3) is 0.227. The van der Waals surface area contributed by atoms with Gasteiger partial charge in [0, 0.05) is 42.3 Å². The molecule has 0 saturated carbocycles. The first kappa shape index (κ1) is 20.0. The molecule has 4 rings (SSSR count). The highest BCUT2D eigenvalue weighted by atomic mass is 35.5. The summed E-state index contributed by atoms with van der Waals surface area (Å²) >= 11 is 5.99. The third-order valence-electron chi connectivity index (χ3n) is 5.17. The van der Waals surface area contributed by atoms with E-state index in [1.54, 1.807) is 47.4 Å². The summed E-state index contributed by atoms with van der Waals surface area (Å²) in [6, 6.07) is 14.3. The number of amides is 2. The largest absolute Gasteiger partial charge is 0.497 e. The van der Waals surface area contributed by atoms with Gasteiger partial charge < -0.3 is 14.5 Å². The molecule has 0 aliphatic carbocycles. The summed E-state index contributed by atoms with van der Waals surface area (Å²) in [6.45, 7) is 1.84. The number of carbonyl (C=O) groups excluding carboxylic acids is 2. The maximum absolute atomic E-state index is 13.1. The van der Waals surface area contributed by atoms with Crippen LogP contribution in [0.5, 0.6) is 5.75 Å². The number of ether oxygens (including phenoxy) is 1. The molecule has 0 unspecified atom stereocenters. The highest BCUT2D eigenvalue weighted by Gasteiger charge is 2.27. The van der Waals surface area contributed by atoms with Crippen LogP contribution in [-0.2, 0) is 0 Å². The van der Waals surface area contributed by atoms with Crippen LogP contribution in [0.3, 0.4) is 0 Å². The van der Waals surface area contributed by atoms with Crippen molar-refractivity contribution in [2.75, 3.05) is 33.3 Å². The lowest BCUT2D eigenvalue weighted by Gasteiger charge is -2.34. The number of benzene rings is 2. The van der Waals surface area contributed by atoms with Gasteiger partial charge in [-0.1, -0.05) is 17.7 Å². The van der Waals surface area contributed by atoms with Gasteiger partial charge in [0.1, 0.15) is 5.75 Å². The van der Waals surface area contributed by atoms with Crippen LogP contribution in [0.2, 0.25) is 5.02 Å². The van der Waals surface area contributed by atoms with Gasteiger partial charge >= 0.3 is 0 Å². The second-order valence-electron chi connectivity index (χ2n) is 6.98. The van der Waals surface area contributed by atoms with Crippen molar-refractivity contribution in [1.82, 2.24) is 20.0 Å². The Morgan fingerprint density at radius 1 is 1.00 bits per heavy atom. The Bertz CT molecular complexity index is 1060. The molecule has 1 aliphatic heterocycles. The topological polar surface area (TPSA) is 78.5 Å². The van der Waals surface area contributed by atoms with Gasteiger partial charge in [-0.15, -0.1) is 0 Å². The molecule has 7 nitrogen and oxygen atoms in total. The van der Waals surface area contributed by atoms with Crippen molar-refractivity contribution in [1.29, 1.82) is 0 Å². The molecule has 2 heterocycles. The summed E-state index contributed by atoms with van der Waals surface area (Å²) in [5, 5.41) is 7.51. The van der Waals surface area contributed by atoms with E-state index in [-0.39, 0.29) is 11.8 Å². The first-order valence-corrected chi connectivity index (χ1v) is 9.96. The van der Waals surface area contributed by atoms with Crippen molar-refractivity contribution in [2.24, 2.45) is 0 Å². The number of aromatic amines is 1. The van der Waals surface area contributed by atoms with Crippen LogP contribution in [0.25, 0.3) is 11.3 Å². The lowest BCUT2D eigenvalue weighted by molar-refractivity contribution is 0.0536. The number of carbonyl (C=O) groups is 2. The Morgan fingerprint density at radius 2 is 1.67 bits per heavy atom. The summed E-state index contributed by atoms with van der Waals surface area (Å²) in [7, 11) is 1.61. The SMILES string of the molecule is COc1ccc(-c2[nH]ncc2C(=O)N2CCN(C(=O)c3cccc(Cl)c3)CC2)cc1. The number of hydrogen-bond donors (Lipinski definition) is 1. The molecule has 1 aliphatic rings. The number of halogens is 1. The monoisotopic (exact) mass is 424 g/mol. The van der Waals surface area contributed by atoms with Crippen molar-refractivity contribution in [3.8, 4) is 17.0 Å². The summed E-state index contributed by atoms with van der Waals surface area (Å²) in [5.74, 6) is 0.558. The van der Waals surface area contributed by atoms with Gasteiger partial charge in [0.25, 0.3) is 11.8 Å². The average molecular weight is 425 g/mol. The highest BCUT2D eigenvalue weighted by molar-refractivity contribution is 6.30. The van der Waals surface area contributed by atoms with Crippen LogP contribution >= 0.6 is 11.6 Å². The molecule has 3 aromatic rings. The van der Waals surface area contributed by atoms with Crippen molar-refractivity contribution < 1.29 is 14.3 Å². The van der Waals surface area contributed by atoms with Crippen molar-refractivity contribution >= 4 is 23.4 Å². The standard InChI is InChI=1S/C22H21ClN4O3/c1-30-18-7-5-15(6-8-18)20-19(14-24-25-20)22(29)27-11-9-26(10-12-27)21(28)16-3-2-4-17(23)13-16/h2-8,13-14H,9-12H2,1H3,(H,24,25). The van der Waals surface area contributed by atoms with Gasteiger partial charge in [-0.3, -0.25) is 14.7 Å². The van der Waals surface area contributed by atoms with Gasteiger partial charge in [-0.25, -0.2) is 0 Å².